The molecule has 0 atom stereocenters. The Balaban J connectivity index is 1.63. The van der Waals surface area contributed by atoms with Crippen LogP contribution in [0.1, 0.15) is 27.2 Å². The first-order chi connectivity index (χ1) is 12.0. The number of rotatable bonds is 5. The van der Waals surface area contributed by atoms with Gasteiger partial charge in [0, 0.05) is 23.9 Å². The minimum atomic E-state index is -0.115. The fourth-order valence-electron chi connectivity index (χ4n) is 2.48. The van der Waals surface area contributed by atoms with Gasteiger partial charge in [-0.2, -0.15) is 10.2 Å². The second-order valence-corrected chi connectivity index (χ2v) is 5.96. The lowest BCUT2D eigenvalue weighted by atomic mass is 10.0. The molecule has 7 heteroatoms. The highest BCUT2D eigenvalue weighted by Gasteiger charge is 2.09. The van der Waals surface area contributed by atoms with Crippen molar-refractivity contribution < 1.29 is 4.79 Å². The summed E-state index contributed by atoms with van der Waals surface area (Å²) in [5, 5.41) is 19.0. The molecule has 25 heavy (non-hydrogen) atoms. The first-order valence-corrected chi connectivity index (χ1v) is 8.09. The van der Waals surface area contributed by atoms with E-state index in [0.717, 1.165) is 28.1 Å². The fourth-order valence-corrected chi connectivity index (χ4v) is 2.48. The molecule has 3 aromatic rings. The van der Waals surface area contributed by atoms with Crippen LogP contribution in [0.5, 0.6) is 0 Å². The van der Waals surface area contributed by atoms with Crippen LogP contribution in [0.2, 0.25) is 0 Å². The molecule has 0 fully saturated rings. The normalized spacial score (nSPS) is 10.7. The highest BCUT2D eigenvalue weighted by Crippen LogP contribution is 2.22. The van der Waals surface area contributed by atoms with Crippen LogP contribution in [0.4, 0.5) is 0 Å². The van der Waals surface area contributed by atoms with Crippen molar-refractivity contribution in [3.63, 3.8) is 0 Å². The quantitative estimate of drug-likeness (QED) is 0.771. The Labute approximate surface area is 146 Å². The van der Waals surface area contributed by atoms with E-state index in [4.69, 9.17) is 0 Å². The second kappa shape index (κ2) is 7.21. The summed E-state index contributed by atoms with van der Waals surface area (Å²) in [6, 6.07) is 7.39. The molecule has 0 spiro atoms. The largest absolute Gasteiger partial charge is 0.350 e. The molecule has 3 rings (SSSR count). The maximum Gasteiger partial charge on any atom is 0.251 e. The van der Waals surface area contributed by atoms with Crippen molar-refractivity contribution in [2.24, 2.45) is 0 Å². The maximum absolute atomic E-state index is 12.2. The second-order valence-electron chi connectivity index (χ2n) is 5.96. The standard InChI is InChI=1S/C18H20N6O/c1-12-10-20-22-17(14(12)3)15-4-6-16(7-5-15)18(25)19-8-9-24-11-13(2)21-23-24/h4-7,10-11H,8-9H2,1-3H3,(H,19,25). The van der Waals surface area contributed by atoms with Gasteiger partial charge in [0.15, 0.2) is 0 Å². The van der Waals surface area contributed by atoms with Gasteiger partial charge < -0.3 is 5.32 Å². The molecule has 128 valence electrons. The summed E-state index contributed by atoms with van der Waals surface area (Å²) < 4.78 is 1.71. The van der Waals surface area contributed by atoms with Gasteiger partial charge in [0.2, 0.25) is 0 Å². The third-order valence-corrected chi connectivity index (χ3v) is 4.06. The van der Waals surface area contributed by atoms with E-state index < -0.39 is 0 Å². The Morgan fingerprint density at radius 1 is 1.12 bits per heavy atom. The SMILES string of the molecule is Cc1cn(CCNC(=O)c2ccc(-c3nncc(C)c3C)cc2)nn1. The molecular formula is C18H20N6O. The smallest absolute Gasteiger partial charge is 0.251 e. The summed E-state index contributed by atoms with van der Waals surface area (Å²) in [4.78, 5) is 12.2. The molecule has 1 aromatic carbocycles. The van der Waals surface area contributed by atoms with Crippen molar-refractivity contribution in [1.82, 2.24) is 30.5 Å². The van der Waals surface area contributed by atoms with Gasteiger partial charge in [0.1, 0.15) is 0 Å². The van der Waals surface area contributed by atoms with Crippen LogP contribution in [0.15, 0.2) is 36.7 Å². The number of nitrogens with one attached hydrogen (secondary N) is 1. The monoisotopic (exact) mass is 336 g/mol. The number of aryl methyl sites for hydroxylation is 2. The number of nitrogens with zero attached hydrogens (tertiary/aromatic N) is 5. The van der Waals surface area contributed by atoms with Gasteiger partial charge in [-0.15, -0.1) is 5.10 Å². The van der Waals surface area contributed by atoms with E-state index in [9.17, 15) is 4.79 Å². The Kier molecular flexibility index (Phi) is 4.83. The van der Waals surface area contributed by atoms with Gasteiger partial charge in [-0.05, 0) is 44.0 Å². The van der Waals surface area contributed by atoms with E-state index in [1.807, 2.05) is 39.1 Å². The third-order valence-electron chi connectivity index (χ3n) is 4.06. The molecule has 2 heterocycles. The average Bonchev–Trinajstić information content (AvgIpc) is 3.03. The van der Waals surface area contributed by atoms with Gasteiger partial charge >= 0.3 is 0 Å². The highest BCUT2D eigenvalue weighted by molar-refractivity contribution is 5.94. The first-order valence-electron chi connectivity index (χ1n) is 8.09. The number of hydrogen-bond donors (Lipinski definition) is 1. The molecule has 0 aliphatic heterocycles. The molecule has 1 amide bonds. The van der Waals surface area contributed by atoms with E-state index in [1.165, 1.54) is 0 Å². The molecule has 2 aromatic heterocycles. The van der Waals surface area contributed by atoms with Crippen molar-refractivity contribution in [2.75, 3.05) is 6.54 Å². The number of amides is 1. The Morgan fingerprint density at radius 2 is 1.88 bits per heavy atom. The summed E-state index contributed by atoms with van der Waals surface area (Å²) in [5.74, 6) is -0.115. The summed E-state index contributed by atoms with van der Waals surface area (Å²) in [5.41, 5.74) is 5.44. The molecular weight excluding hydrogens is 316 g/mol. The Morgan fingerprint density at radius 3 is 2.56 bits per heavy atom. The zero-order valence-electron chi connectivity index (χ0n) is 14.5. The first kappa shape index (κ1) is 16.8. The van der Waals surface area contributed by atoms with Crippen LogP contribution in [-0.2, 0) is 6.54 Å². The van der Waals surface area contributed by atoms with Crippen LogP contribution in [0, 0.1) is 20.8 Å². The van der Waals surface area contributed by atoms with Crippen molar-refractivity contribution in [3.05, 3.63) is 59.0 Å². The number of carbonyl (C=O) groups excluding carboxylic acids is 1. The minimum absolute atomic E-state index is 0.115. The Bertz CT molecular complexity index is 885. The van der Waals surface area contributed by atoms with E-state index >= 15 is 0 Å². The lowest BCUT2D eigenvalue weighted by molar-refractivity contribution is 0.0952. The summed E-state index contributed by atoms with van der Waals surface area (Å²) in [6.45, 7) is 6.98. The van der Waals surface area contributed by atoms with Crippen molar-refractivity contribution >= 4 is 5.91 Å². The summed E-state index contributed by atoms with van der Waals surface area (Å²) >= 11 is 0. The molecule has 0 aliphatic carbocycles. The van der Waals surface area contributed by atoms with Crippen LogP contribution >= 0.6 is 0 Å². The lowest BCUT2D eigenvalue weighted by Crippen LogP contribution is -2.27. The van der Waals surface area contributed by atoms with E-state index in [1.54, 1.807) is 23.0 Å². The van der Waals surface area contributed by atoms with Gasteiger partial charge in [-0.1, -0.05) is 17.3 Å². The van der Waals surface area contributed by atoms with Crippen LogP contribution in [0.3, 0.4) is 0 Å². The molecule has 0 bridgehead atoms. The van der Waals surface area contributed by atoms with E-state index in [0.29, 0.717) is 18.7 Å². The van der Waals surface area contributed by atoms with Crippen LogP contribution in [-0.4, -0.2) is 37.6 Å². The summed E-state index contributed by atoms with van der Waals surface area (Å²) in [7, 11) is 0. The molecule has 0 radical (unpaired) electrons. The number of carbonyl (C=O) groups is 1. The predicted octanol–water partition coefficient (Wildman–Crippen LogP) is 2.09. The van der Waals surface area contributed by atoms with E-state index in [2.05, 4.69) is 25.8 Å². The van der Waals surface area contributed by atoms with Gasteiger partial charge in [-0.25, -0.2) is 0 Å². The Hall–Kier alpha value is -3.09. The van der Waals surface area contributed by atoms with Crippen LogP contribution in [0.25, 0.3) is 11.3 Å². The predicted molar refractivity (Wildman–Crippen MR) is 94.0 cm³/mol. The summed E-state index contributed by atoms with van der Waals surface area (Å²) in [6.07, 6.45) is 3.59. The number of aromatic nitrogens is 5. The molecule has 0 unspecified atom stereocenters. The minimum Gasteiger partial charge on any atom is -0.350 e. The molecule has 1 N–H and O–H groups in total. The zero-order chi connectivity index (χ0) is 17.8. The molecule has 0 aliphatic rings. The topological polar surface area (TPSA) is 85.6 Å². The van der Waals surface area contributed by atoms with Crippen molar-refractivity contribution in [3.8, 4) is 11.3 Å². The maximum atomic E-state index is 12.2. The fraction of sp³-hybridized carbons (Fsp3) is 0.278. The van der Waals surface area contributed by atoms with Crippen molar-refractivity contribution in [2.45, 2.75) is 27.3 Å². The van der Waals surface area contributed by atoms with Crippen molar-refractivity contribution in [1.29, 1.82) is 0 Å². The molecule has 0 saturated heterocycles. The van der Waals surface area contributed by atoms with E-state index in [-0.39, 0.29) is 5.91 Å². The van der Waals surface area contributed by atoms with Crippen LogP contribution < -0.4 is 5.32 Å². The highest BCUT2D eigenvalue weighted by atomic mass is 16.1. The average molecular weight is 336 g/mol. The molecule has 7 nitrogen and oxygen atoms in total. The number of hydrogen-bond acceptors (Lipinski definition) is 5. The van der Waals surface area contributed by atoms with Gasteiger partial charge in [0.05, 0.1) is 24.1 Å². The lowest BCUT2D eigenvalue weighted by Gasteiger charge is -2.08. The molecule has 0 saturated carbocycles. The third kappa shape index (κ3) is 3.88. The zero-order valence-corrected chi connectivity index (χ0v) is 14.5. The van der Waals surface area contributed by atoms with Gasteiger partial charge in [-0.3, -0.25) is 9.48 Å². The van der Waals surface area contributed by atoms with Gasteiger partial charge in [0.25, 0.3) is 5.91 Å². The number of benzene rings is 1.